The largest absolute Gasteiger partial charge is 0.236 e. The van der Waals surface area contributed by atoms with Crippen molar-refractivity contribution < 1.29 is 4.57 Å². The lowest BCUT2D eigenvalue weighted by molar-refractivity contribution is -0.577. The minimum absolute atomic E-state index is 0.461. The summed E-state index contributed by atoms with van der Waals surface area (Å²) in [5, 5.41) is 0. The predicted molar refractivity (Wildman–Crippen MR) is 160 cm³/mol. The molecule has 2 nitrogen and oxygen atoms in total. The first kappa shape index (κ1) is 28.3. The van der Waals surface area contributed by atoms with Crippen LogP contribution in [0.25, 0.3) is 11.4 Å². The van der Waals surface area contributed by atoms with Crippen molar-refractivity contribution in [2.75, 3.05) is 0 Å². The molecule has 0 unspecified atom stereocenters. The van der Waals surface area contributed by atoms with Crippen LogP contribution in [0.2, 0.25) is 19.0 Å². The van der Waals surface area contributed by atoms with E-state index < -0.39 is 6.15 Å². The van der Waals surface area contributed by atoms with Crippen molar-refractivity contribution in [2.24, 2.45) is 0 Å². The lowest BCUT2D eigenvalue weighted by Gasteiger charge is -2.35. The van der Waals surface area contributed by atoms with Gasteiger partial charge in [-0.25, -0.2) is 9.13 Å². The standard InChI is InChI=1S/C33H51BN2/c1-12-34(13-2,14-3)33-35(31-27(23(4)5)17-15-18-28(31)24(6)7)21-22-36(33)32-29(25(8)9)19-16-20-30(32)26(10)11/h15-26H,12-14H2,1-11H3. The Hall–Kier alpha value is -2.29. The third-order valence-electron chi connectivity index (χ3n) is 8.92. The SMILES string of the molecule is CC[B-](CC)(CC)c1n(-c2c(C(C)C)cccc2C(C)C)cc[n+]1-c1c(C(C)C)cccc1C(C)C. The first-order valence-corrected chi connectivity index (χ1v) is 14.6. The number of rotatable bonds is 10. The fourth-order valence-electron chi connectivity index (χ4n) is 6.36. The van der Waals surface area contributed by atoms with Gasteiger partial charge in [-0.3, -0.25) is 0 Å². The summed E-state index contributed by atoms with van der Waals surface area (Å²) in [6.45, 7) is 25.9. The molecule has 0 amide bonds. The summed E-state index contributed by atoms with van der Waals surface area (Å²) >= 11 is 0. The molecule has 0 aliphatic rings. The minimum atomic E-state index is -0.764. The number of para-hydroxylation sites is 2. The molecule has 0 aliphatic heterocycles. The van der Waals surface area contributed by atoms with Gasteiger partial charge in [-0.05, 0) is 23.7 Å². The molecule has 196 valence electrons. The van der Waals surface area contributed by atoms with Crippen LogP contribution in [0.3, 0.4) is 0 Å². The highest BCUT2D eigenvalue weighted by molar-refractivity contribution is 6.90. The van der Waals surface area contributed by atoms with E-state index in [9.17, 15) is 0 Å². The average Bonchev–Trinajstić information content (AvgIpc) is 3.29. The average molecular weight is 487 g/mol. The van der Waals surface area contributed by atoms with Gasteiger partial charge < -0.3 is 0 Å². The van der Waals surface area contributed by atoms with Crippen LogP contribution in [-0.4, -0.2) is 10.7 Å². The molecule has 3 aromatic rings. The van der Waals surface area contributed by atoms with Crippen LogP contribution in [-0.2, 0) is 0 Å². The Bertz CT molecular complexity index is 1020. The van der Waals surface area contributed by atoms with Crippen molar-refractivity contribution in [3.8, 4) is 11.4 Å². The van der Waals surface area contributed by atoms with Crippen LogP contribution < -0.4 is 10.3 Å². The van der Waals surface area contributed by atoms with Gasteiger partial charge in [0.25, 0.3) is 0 Å². The molecule has 3 rings (SSSR count). The topological polar surface area (TPSA) is 8.81 Å². The summed E-state index contributed by atoms with van der Waals surface area (Å²) in [5.74, 6) is 1.85. The maximum Gasteiger partial charge on any atom is 0.135 e. The molecule has 2 aromatic carbocycles. The van der Waals surface area contributed by atoms with Crippen molar-refractivity contribution in [3.63, 3.8) is 0 Å². The highest BCUT2D eigenvalue weighted by atomic mass is 15.2. The predicted octanol–water partition coefficient (Wildman–Crippen LogP) is 8.96. The number of hydrogen-bond donors (Lipinski definition) is 0. The second kappa shape index (κ2) is 11.4. The summed E-state index contributed by atoms with van der Waals surface area (Å²) in [6, 6.07) is 13.9. The summed E-state index contributed by atoms with van der Waals surface area (Å²) in [5.41, 5.74) is 10.1. The minimum Gasteiger partial charge on any atom is -0.236 e. The van der Waals surface area contributed by atoms with Crippen LogP contribution in [0.5, 0.6) is 0 Å². The summed E-state index contributed by atoms with van der Waals surface area (Å²) < 4.78 is 5.23. The molecule has 0 aliphatic carbocycles. The molecule has 36 heavy (non-hydrogen) atoms. The Kier molecular flexibility index (Phi) is 8.96. The second-order valence-electron chi connectivity index (χ2n) is 12.3. The second-order valence-corrected chi connectivity index (χ2v) is 12.3. The van der Waals surface area contributed by atoms with E-state index >= 15 is 0 Å². The van der Waals surface area contributed by atoms with Crippen molar-refractivity contribution in [1.29, 1.82) is 0 Å². The van der Waals surface area contributed by atoms with Gasteiger partial charge in [0.1, 0.15) is 29.9 Å². The molecular weight excluding hydrogens is 435 g/mol. The first-order chi connectivity index (χ1) is 17.0. The fraction of sp³-hybridized carbons (Fsp3) is 0.545. The molecule has 0 bridgehead atoms. The van der Waals surface area contributed by atoms with Gasteiger partial charge in [0.2, 0.25) is 0 Å². The smallest absolute Gasteiger partial charge is 0.135 e. The summed E-state index contributed by atoms with van der Waals surface area (Å²) in [6.07, 6.45) is 7.53. The molecule has 1 aromatic heterocycles. The van der Waals surface area contributed by atoms with E-state index in [2.05, 4.69) is 134 Å². The van der Waals surface area contributed by atoms with E-state index in [1.807, 2.05) is 0 Å². The Morgan fingerprint density at radius 3 is 1.39 bits per heavy atom. The summed E-state index contributed by atoms with van der Waals surface area (Å²) in [7, 11) is 0. The molecule has 0 saturated carbocycles. The number of benzene rings is 2. The van der Waals surface area contributed by atoms with Gasteiger partial charge >= 0.3 is 0 Å². The summed E-state index contributed by atoms with van der Waals surface area (Å²) in [4.78, 5) is 0. The molecular formula is C33H51BN2. The zero-order valence-electron chi connectivity index (χ0n) is 25.0. The third kappa shape index (κ3) is 4.95. The molecule has 0 atom stereocenters. The van der Waals surface area contributed by atoms with Gasteiger partial charge in [-0.1, -0.05) is 113 Å². The zero-order valence-corrected chi connectivity index (χ0v) is 25.0. The molecule has 0 radical (unpaired) electrons. The monoisotopic (exact) mass is 486 g/mol. The lowest BCUT2D eigenvalue weighted by atomic mass is 9.19. The normalized spacial score (nSPS) is 12.5. The van der Waals surface area contributed by atoms with E-state index in [0.29, 0.717) is 23.7 Å². The van der Waals surface area contributed by atoms with Gasteiger partial charge in [-0.15, -0.1) is 0 Å². The van der Waals surface area contributed by atoms with Crippen molar-refractivity contribution >= 4 is 11.9 Å². The fourth-order valence-corrected chi connectivity index (χ4v) is 6.36. The van der Waals surface area contributed by atoms with Crippen LogP contribution in [0.4, 0.5) is 0 Å². The Balaban J connectivity index is 2.56. The van der Waals surface area contributed by atoms with Crippen molar-refractivity contribution in [2.45, 2.75) is 119 Å². The van der Waals surface area contributed by atoms with E-state index in [0.717, 1.165) is 0 Å². The van der Waals surface area contributed by atoms with Crippen LogP contribution >= 0.6 is 0 Å². The highest BCUT2D eigenvalue weighted by Gasteiger charge is 2.37. The van der Waals surface area contributed by atoms with E-state index in [4.69, 9.17) is 0 Å². The maximum absolute atomic E-state index is 2.61. The van der Waals surface area contributed by atoms with Gasteiger partial charge in [0, 0.05) is 22.3 Å². The van der Waals surface area contributed by atoms with Crippen molar-refractivity contribution in [1.82, 2.24) is 4.57 Å². The zero-order chi connectivity index (χ0) is 26.8. The van der Waals surface area contributed by atoms with E-state index in [-0.39, 0.29) is 0 Å². The number of hydrogen-bond acceptors (Lipinski definition) is 0. The van der Waals surface area contributed by atoms with Gasteiger partial charge in [0.05, 0.1) is 5.72 Å². The number of nitrogens with zero attached hydrogens (tertiary/aromatic N) is 2. The quantitative estimate of drug-likeness (QED) is 0.200. The van der Waals surface area contributed by atoms with E-state index in [1.54, 1.807) is 0 Å². The number of imidazole rings is 1. The lowest BCUT2D eigenvalue weighted by Crippen LogP contribution is -2.64. The maximum atomic E-state index is 2.61. The molecule has 1 heterocycles. The molecule has 3 heteroatoms. The molecule has 0 N–H and O–H groups in total. The van der Waals surface area contributed by atoms with Crippen LogP contribution in [0.1, 0.15) is 122 Å². The van der Waals surface area contributed by atoms with E-state index in [1.165, 1.54) is 58.3 Å². The third-order valence-corrected chi connectivity index (χ3v) is 8.92. The van der Waals surface area contributed by atoms with Crippen molar-refractivity contribution in [3.05, 3.63) is 71.0 Å². The Labute approximate surface area is 222 Å². The molecule has 0 spiro atoms. The molecule has 0 saturated heterocycles. The number of aromatic nitrogens is 2. The molecule has 0 fully saturated rings. The van der Waals surface area contributed by atoms with Gasteiger partial charge in [-0.2, -0.15) is 19.0 Å². The first-order valence-electron chi connectivity index (χ1n) is 14.6. The highest BCUT2D eigenvalue weighted by Crippen LogP contribution is 2.33. The van der Waals surface area contributed by atoms with Gasteiger partial charge in [0.15, 0.2) is 0 Å². The Morgan fingerprint density at radius 1 is 0.639 bits per heavy atom. The van der Waals surface area contributed by atoms with Crippen LogP contribution in [0.15, 0.2) is 48.8 Å². The van der Waals surface area contributed by atoms with Crippen LogP contribution in [0, 0.1) is 0 Å². The Morgan fingerprint density at radius 2 is 1.03 bits per heavy atom.